The molecule has 8 nitrogen and oxygen atoms in total. The van der Waals surface area contributed by atoms with E-state index in [1.807, 2.05) is 18.2 Å². The number of aromatic nitrogens is 1. The topological polar surface area (TPSA) is 85.8 Å². The number of para-hydroxylation sites is 1. The van der Waals surface area contributed by atoms with Gasteiger partial charge in [-0.05, 0) is 54.7 Å². The maximum absolute atomic E-state index is 13.1. The van der Waals surface area contributed by atoms with Gasteiger partial charge in [0.15, 0.2) is 5.13 Å². The fraction of sp³-hybridized carbons (Fsp3) is 0.481. The number of benzene rings is 2. The van der Waals surface area contributed by atoms with E-state index in [2.05, 4.69) is 29.0 Å². The molecule has 0 radical (unpaired) electrons. The Hall–Kier alpha value is -2.24. The van der Waals surface area contributed by atoms with Crippen molar-refractivity contribution in [1.29, 1.82) is 0 Å². The molecule has 2 atom stereocenters. The van der Waals surface area contributed by atoms with Gasteiger partial charge in [0.05, 0.1) is 14.6 Å². The van der Waals surface area contributed by atoms with Crippen LogP contribution in [0.4, 0.5) is 5.13 Å². The predicted molar refractivity (Wildman–Crippen MR) is 154 cm³/mol. The minimum atomic E-state index is -3.56. The fourth-order valence-corrected chi connectivity index (χ4v) is 8.36. The first-order valence-corrected chi connectivity index (χ1v) is 15.7. The van der Waals surface area contributed by atoms with Gasteiger partial charge < -0.3 is 10.2 Å². The van der Waals surface area contributed by atoms with Gasteiger partial charge in [0.2, 0.25) is 10.0 Å². The van der Waals surface area contributed by atoms with Crippen molar-refractivity contribution in [2.45, 2.75) is 25.2 Å². The van der Waals surface area contributed by atoms with E-state index in [1.54, 1.807) is 39.9 Å². The molecule has 2 fully saturated rings. The highest BCUT2D eigenvalue weighted by atomic mass is 35.5. The van der Waals surface area contributed by atoms with E-state index in [0.717, 1.165) is 54.5 Å². The maximum Gasteiger partial charge on any atom is 0.251 e. The molecule has 1 N–H and O–H groups in total. The van der Waals surface area contributed by atoms with Crippen LogP contribution < -0.4 is 10.2 Å². The fourth-order valence-electron chi connectivity index (χ4n) is 5.36. The predicted octanol–water partition coefficient (Wildman–Crippen LogP) is 4.17. The van der Waals surface area contributed by atoms with Crippen LogP contribution in [0.5, 0.6) is 0 Å². The molecule has 3 aromatic rings. The first kappa shape index (κ1) is 27.3. The molecule has 11 heteroatoms. The first-order valence-electron chi connectivity index (χ1n) is 13.1. The van der Waals surface area contributed by atoms with Crippen molar-refractivity contribution in [2.75, 3.05) is 57.3 Å². The Kier molecular flexibility index (Phi) is 8.25. The third-order valence-electron chi connectivity index (χ3n) is 7.30. The van der Waals surface area contributed by atoms with Crippen LogP contribution in [-0.2, 0) is 10.0 Å². The number of halogens is 1. The number of piperazine rings is 1. The molecule has 1 aromatic heterocycles. The van der Waals surface area contributed by atoms with E-state index in [-0.39, 0.29) is 10.8 Å². The molecule has 0 bridgehead atoms. The normalized spacial score (nSPS) is 21.6. The van der Waals surface area contributed by atoms with E-state index in [1.165, 1.54) is 0 Å². The number of hydrogen-bond acceptors (Lipinski definition) is 7. The summed E-state index contributed by atoms with van der Waals surface area (Å²) in [4.78, 5) is 22.3. The molecule has 2 unspecified atom stereocenters. The molecule has 1 amide bonds. The molecule has 204 valence electrons. The summed E-state index contributed by atoms with van der Waals surface area (Å²) in [7, 11) is -3.56. The summed E-state index contributed by atoms with van der Waals surface area (Å²) >= 11 is 7.95. The van der Waals surface area contributed by atoms with Gasteiger partial charge in [-0.1, -0.05) is 42.9 Å². The van der Waals surface area contributed by atoms with E-state index < -0.39 is 10.0 Å². The Morgan fingerprint density at radius 1 is 1.05 bits per heavy atom. The van der Waals surface area contributed by atoms with Gasteiger partial charge in [0.25, 0.3) is 5.91 Å². The molecule has 2 aliphatic rings. The van der Waals surface area contributed by atoms with E-state index >= 15 is 0 Å². The minimum Gasteiger partial charge on any atom is -0.351 e. The van der Waals surface area contributed by atoms with Crippen LogP contribution in [0.2, 0.25) is 5.02 Å². The quantitative estimate of drug-likeness (QED) is 0.455. The van der Waals surface area contributed by atoms with Gasteiger partial charge in [-0.15, -0.1) is 0 Å². The number of carbonyl (C=O) groups is 1. The summed E-state index contributed by atoms with van der Waals surface area (Å²) in [6.45, 7) is 10.1. The number of carbonyl (C=O) groups excluding carboxylic acids is 1. The summed E-state index contributed by atoms with van der Waals surface area (Å²) in [5.74, 6) is 0.487. The van der Waals surface area contributed by atoms with Gasteiger partial charge in [-0.3, -0.25) is 9.69 Å². The Bertz CT molecular complexity index is 1380. The standard InChI is InChI=1S/C27H34ClN5O3S2/c1-19-16-20(2)18-33(17-19)38(35,36)22-8-6-21(7-9-22)26(34)29-10-11-31-12-14-32(15-13-31)27-30-25-23(28)4-3-5-24(25)37-27/h3-9,19-20H,10-18H2,1-2H3,(H,29,34). The summed E-state index contributed by atoms with van der Waals surface area (Å²) in [5.41, 5.74) is 1.32. The smallest absolute Gasteiger partial charge is 0.251 e. The van der Waals surface area contributed by atoms with Crippen LogP contribution in [-0.4, -0.2) is 80.9 Å². The number of amides is 1. The molecular weight excluding hydrogens is 542 g/mol. The second-order valence-corrected chi connectivity index (χ2v) is 13.8. The number of sulfonamides is 1. The minimum absolute atomic E-state index is 0.195. The van der Waals surface area contributed by atoms with Crippen LogP contribution in [0, 0.1) is 11.8 Å². The zero-order chi connectivity index (χ0) is 26.9. The molecule has 0 spiro atoms. The van der Waals surface area contributed by atoms with Gasteiger partial charge >= 0.3 is 0 Å². The van der Waals surface area contributed by atoms with Crippen LogP contribution >= 0.6 is 22.9 Å². The molecule has 2 aromatic carbocycles. The first-order chi connectivity index (χ1) is 18.2. The lowest BCUT2D eigenvalue weighted by Gasteiger charge is -2.34. The van der Waals surface area contributed by atoms with Gasteiger partial charge in [-0.25, -0.2) is 13.4 Å². The second kappa shape index (κ2) is 11.5. The van der Waals surface area contributed by atoms with Gasteiger partial charge in [0.1, 0.15) is 5.52 Å². The lowest BCUT2D eigenvalue weighted by Crippen LogP contribution is -2.48. The van der Waals surface area contributed by atoms with Crippen molar-refractivity contribution in [1.82, 2.24) is 19.5 Å². The number of piperidine rings is 1. The molecule has 38 heavy (non-hydrogen) atoms. The lowest BCUT2D eigenvalue weighted by atomic mass is 9.94. The summed E-state index contributed by atoms with van der Waals surface area (Å²) < 4.78 is 28.8. The molecule has 3 heterocycles. The average Bonchev–Trinajstić information content (AvgIpc) is 3.34. The largest absolute Gasteiger partial charge is 0.351 e. The third-order valence-corrected chi connectivity index (χ3v) is 10.5. The summed E-state index contributed by atoms with van der Waals surface area (Å²) in [6, 6.07) is 12.1. The van der Waals surface area contributed by atoms with E-state index in [0.29, 0.717) is 42.1 Å². The van der Waals surface area contributed by atoms with Gasteiger partial charge in [-0.2, -0.15) is 4.31 Å². The number of nitrogens with one attached hydrogen (secondary N) is 1. The van der Waals surface area contributed by atoms with Crippen LogP contribution in [0.1, 0.15) is 30.6 Å². The Morgan fingerprint density at radius 3 is 2.39 bits per heavy atom. The second-order valence-electron chi connectivity index (χ2n) is 10.5. The average molecular weight is 576 g/mol. The zero-order valence-corrected chi connectivity index (χ0v) is 24.2. The Balaban J connectivity index is 1.09. The molecule has 0 aliphatic carbocycles. The number of nitrogens with zero attached hydrogens (tertiary/aromatic N) is 4. The number of rotatable bonds is 7. The zero-order valence-electron chi connectivity index (χ0n) is 21.8. The van der Waals surface area contributed by atoms with Crippen LogP contribution in [0.3, 0.4) is 0 Å². The highest BCUT2D eigenvalue weighted by Crippen LogP contribution is 2.33. The van der Waals surface area contributed by atoms with Crippen molar-refractivity contribution in [3.8, 4) is 0 Å². The summed E-state index contributed by atoms with van der Waals surface area (Å²) in [5, 5.41) is 4.65. The number of hydrogen-bond donors (Lipinski definition) is 1. The molecular formula is C27H34ClN5O3S2. The van der Waals surface area contributed by atoms with E-state index in [4.69, 9.17) is 16.6 Å². The number of anilines is 1. The Labute approximate surface area is 233 Å². The van der Waals surface area contributed by atoms with Crippen molar-refractivity contribution < 1.29 is 13.2 Å². The van der Waals surface area contributed by atoms with Crippen LogP contribution in [0.25, 0.3) is 10.2 Å². The Morgan fingerprint density at radius 2 is 1.74 bits per heavy atom. The molecule has 2 saturated heterocycles. The van der Waals surface area contributed by atoms with Crippen molar-refractivity contribution in [3.63, 3.8) is 0 Å². The SMILES string of the molecule is CC1CC(C)CN(S(=O)(=O)c2ccc(C(=O)NCCN3CCN(c4nc5c(Cl)cccc5s4)CC3)cc2)C1. The van der Waals surface area contributed by atoms with Crippen molar-refractivity contribution in [3.05, 3.63) is 53.1 Å². The highest BCUT2D eigenvalue weighted by Gasteiger charge is 2.31. The summed E-state index contributed by atoms with van der Waals surface area (Å²) in [6.07, 6.45) is 1.04. The molecule has 2 aliphatic heterocycles. The van der Waals surface area contributed by atoms with Crippen molar-refractivity contribution >= 4 is 54.2 Å². The highest BCUT2D eigenvalue weighted by molar-refractivity contribution is 7.89. The van der Waals surface area contributed by atoms with E-state index in [9.17, 15) is 13.2 Å². The third kappa shape index (κ3) is 5.99. The maximum atomic E-state index is 13.1. The van der Waals surface area contributed by atoms with Gasteiger partial charge in [0, 0.05) is 57.9 Å². The number of fused-ring (bicyclic) bond motifs is 1. The van der Waals surface area contributed by atoms with Crippen LogP contribution in [0.15, 0.2) is 47.4 Å². The molecule has 0 saturated carbocycles. The number of thiazole rings is 1. The lowest BCUT2D eigenvalue weighted by molar-refractivity contribution is 0.0947. The monoisotopic (exact) mass is 575 g/mol. The molecule has 5 rings (SSSR count). The van der Waals surface area contributed by atoms with Crippen molar-refractivity contribution in [2.24, 2.45) is 11.8 Å².